The second-order valence-electron chi connectivity index (χ2n) is 8.51. The van der Waals surface area contributed by atoms with Gasteiger partial charge in [0.15, 0.2) is 0 Å². The summed E-state index contributed by atoms with van der Waals surface area (Å²) in [7, 11) is 1.56. The maximum atomic E-state index is 11.5. The first kappa shape index (κ1) is 23.6. The van der Waals surface area contributed by atoms with Crippen LogP contribution in [0.25, 0.3) is 10.9 Å². The molecule has 2 N–H and O–H groups in total. The predicted octanol–water partition coefficient (Wildman–Crippen LogP) is 5.08. The van der Waals surface area contributed by atoms with Crippen LogP contribution in [0.5, 0.6) is 11.5 Å². The molecule has 0 aliphatic rings. The van der Waals surface area contributed by atoms with Gasteiger partial charge in [0.1, 0.15) is 23.6 Å². The molecule has 0 fully saturated rings. The zero-order valence-electron chi connectivity index (χ0n) is 20.0. The van der Waals surface area contributed by atoms with E-state index >= 15 is 0 Å². The molecule has 0 aliphatic carbocycles. The number of carbonyl (C=O) groups excluding carboxylic acids is 1. The number of nitrogens with zero attached hydrogens (tertiary/aromatic N) is 3. The molecule has 4 rings (SSSR count). The number of amides is 1. The fourth-order valence-electron chi connectivity index (χ4n) is 3.80. The van der Waals surface area contributed by atoms with Crippen LogP contribution in [-0.4, -0.2) is 33.6 Å². The number of hydrogen-bond donors (Lipinski definition) is 2. The van der Waals surface area contributed by atoms with Gasteiger partial charge < -0.3 is 15.2 Å². The van der Waals surface area contributed by atoms with Crippen molar-refractivity contribution in [2.75, 3.05) is 12.0 Å². The summed E-state index contributed by atoms with van der Waals surface area (Å²) in [5.74, 6) is 7.38. The molecule has 0 spiro atoms. The highest BCUT2D eigenvalue weighted by molar-refractivity contribution is 5.96. The van der Waals surface area contributed by atoms with Crippen molar-refractivity contribution < 1.29 is 14.6 Å². The van der Waals surface area contributed by atoms with Gasteiger partial charge in [-0.05, 0) is 56.3 Å². The summed E-state index contributed by atoms with van der Waals surface area (Å²) in [4.78, 5) is 22.5. The van der Waals surface area contributed by atoms with E-state index in [0.717, 1.165) is 22.2 Å². The van der Waals surface area contributed by atoms with Crippen molar-refractivity contribution in [1.29, 1.82) is 0 Å². The van der Waals surface area contributed by atoms with Crippen LogP contribution in [0.2, 0.25) is 0 Å². The maximum Gasteiger partial charge on any atom is 0.218 e. The SMILES string of the molecule is COc1cc(O)ccc1N(c1ccccc1)c1ncnc2ccc(C#CC(C)(C)NC(C)=O)cc12. The lowest BCUT2D eigenvalue weighted by Gasteiger charge is -2.26. The second-order valence-corrected chi connectivity index (χ2v) is 8.51. The Morgan fingerprint density at radius 2 is 1.83 bits per heavy atom. The standard InChI is InChI=1S/C28H26N4O3/c1-19(33)31-28(2,3)15-14-20-10-12-24-23(16-20)27(30-18-29-24)32(21-8-6-5-7-9-21)25-13-11-22(34)17-26(25)35-4/h5-13,16-18,34H,1-4H3,(H,31,33). The topological polar surface area (TPSA) is 87.6 Å². The van der Waals surface area contributed by atoms with Gasteiger partial charge in [0, 0.05) is 29.6 Å². The minimum atomic E-state index is -0.674. The first-order valence-electron chi connectivity index (χ1n) is 11.1. The van der Waals surface area contributed by atoms with Gasteiger partial charge >= 0.3 is 0 Å². The van der Waals surface area contributed by atoms with Crippen molar-refractivity contribution in [3.05, 3.63) is 78.6 Å². The molecule has 35 heavy (non-hydrogen) atoms. The number of ether oxygens (including phenoxy) is 1. The molecule has 0 saturated heterocycles. The van der Waals surface area contributed by atoms with Gasteiger partial charge in [0.25, 0.3) is 0 Å². The molecule has 0 unspecified atom stereocenters. The number of hydrogen-bond acceptors (Lipinski definition) is 6. The number of para-hydroxylation sites is 1. The van der Waals surface area contributed by atoms with Gasteiger partial charge in [-0.2, -0.15) is 0 Å². The van der Waals surface area contributed by atoms with Gasteiger partial charge in [-0.25, -0.2) is 9.97 Å². The molecule has 3 aromatic carbocycles. The predicted molar refractivity (Wildman–Crippen MR) is 137 cm³/mol. The van der Waals surface area contributed by atoms with Crippen molar-refractivity contribution >= 4 is 34.0 Å². The van der Waals surface area contributed by atoms with Crippen molar-refractivity contribution in [2.24, 2.45) is 0 Å². The summed E-state index contributed by atoms with van der Waals surface area (Å²) < 4.78 is 5.59. The normalized spacial score (nSPS) is 10.9. The molecular weight excluding hydrogens is 440 g/mol. The minimum Gasteiger partial charge on any atom is -0.508 e. The summed E-state index contributed by atoms with van der Waals surface area (Å²) in [5.41, 5.74) is 2.41. The van der Waals surface area contributed by atoms with Crippen LogP contribution in [0, 0.1) is 11.8 Å². The number of anilines is 3. The first-order chi connectivity index (χ1) is 16.8. The number of aromatic hydroxyl groups is 1. The van der Waals surface area contributed by atoms with Crippen LogP contribution >= 0.6 is 0 Å². The molecule has 4 aromatic rings. The fourth-order valence-corrected chi connectivity index (χ4v) is 3.80. The van der Waals surface area contributed by atoms with E-state index in [2.05, 4.69) is 27.1 Å². The molecule has 0 atom stereocenters. The molecule has 0 bridgehead atoms. The van der Waals surface area contributed by atoms with Gasteiger partial charge in [0.2, 0.25) is 5.91 Å². The Labute approximate surface area is 204 Å². The summed E-state index contributed by atoms with van der Waals surface area (Å²) in [5, 5.41) is 13.6. The molecule has 1 heterocycles. The van der Waals surface area contributed by atoms with E-state index in [1.54, 1.807) is 25.3 Å². The second kappa shape index (κ2) is 9.74. The molecule has 0 saturated carbocycles. The Hall–Kier alpha value is -4.57. The summed E-state index contributed by atoms with van der Waals surface area (Å²) in [6.45, 7) is 5.18. The van der Waals surface area contributed by atoms with Gasteiger partial charge in [-0.1, -0.05) is 30.0 Å². The number of phenols is 1. The number of carbonyl (C=O) groups is 1. The fraction of sp³-hybridized carbons (Fsp3) is 0.179. The van der Waals surface area contributed by atoms with Crippen molar-refractivity contribution in [1.82, 2.24) is 15.3 Å². The van der Waals surface area contributed by atoms with Crippen LogP contribution in [-0.2, 0) is 4.79 Å². The Bertz CT molecular complexity index is 1440. The van der Waals surface area contributed by atoms with E-state index in [-0.39, 0.29) is 11.7 Å². The monoisotopic (exact) mass is 466 g/mol. The number of methoxy groups -OCH3 is 1. The maximum absolute atomic E-state index is 11.5. The molecule has 7 heteroatoms. The van der Waals surface area contributed by atoms with E-state index < -0.39 is 5.54 Å². The third-order valence-corrected chi connectivity index (χ3v) is 5.25. The van der Waals surface area contributed by atoms with Crippen LogP contribution in [0.1, 0.15) is 26.3 Å². The van der Waals surface area contributed by atoms with Crippen LogP contribution in [0.15, 0.2) is 73.1 Å². The highest BCUT2D eigenvalue weighted by Gasteiger charge is 2.21. The summed E-state index contributed by atoms with van der Waals surface area (Å²) >= 11 is 0. The quantitative estimate of drug-likeness (QED) is 0.399. The van der Waals surface area contributed by atoms with Crippen LogP contribution in [0.4, 0.5) is 17.2 Å². The molecule has 176 valence electrons. The molecule has 1 amide bonds. The van der Waals surface area contributed by atoms with Crippen LogP contribution < -0.4 is 15.0 Å². The highest BCUT2D eigenvalue weighted by Crippen LogP contribution is 2.42. The zero-order valence-corrected chi connectivity index (χ0v) is 20.0. The van der Waals surface area contributed by atoms with Crippen LogP contribution in [0.3, 0.4) is 0 Å². The average molecular weight is 467 g/mol. The van der Waals surface area contributed by atoms with E-state index in [0.29, 0.717) is 17.3 Å². The average Bonchev–Trinajstić information content (AvgIpc) is 2.84. The molecule has 0 radical (unpaired) electrons. The number of nitrogens with one attached hydrogen (secondary N) is 1. The molecular formula is C28H26N4O3. The first-order valence-corrected chi connectivity index (χ1v) is 11.1. The van der Waals surface area contributed by atoms with Gasteiger partial charge in [0.05, 0.1) is 23.9 Å². The third-order valence-electron chi connectivity index (χ3n) is 5.25. The smallest absolute Gasteiger partial charge is 0.218 e. The van der Waals surface area contributed by atoms with E-state index in [4.69, 9.17) is 4.74 Å². The lowest BCUT2D eigenvalue weighted by molar-refractivity contribution is -0.119. The number of benzene rings is 3. The Morgan fingerprint density at radius 1 is 1.06 bits per heavy atom. The summed E-state index contributed by atoms with van der Waals surface area (Å²) in [6.07, 6.45) is 1.52. The highest BCUT2D eigenvalue weighted by atomic mass is 16.5. The number of aromatic nitrogens is 2. The third kappa shape index (κ3) is 5.33. The van der Waals surface area contributed by atoms with E-state index in [1.807, 2.05) is 67.3 Å². The number of fused-ring (bicyclic) bond motifs is 1. The molecule has 0 aliphatic heterocycles. The largest absolute Gasteiger partial charge is 0.508 e. The number of phenolic OH excluding ortho intramolecular Hbond substituents is 1. The molecule has 7 nitrogen and oxygen atoms in total. The van der Waals surface area contributed by atoms with Crippen molar-refractivity contribution in [3.63, 3.8) is 0 Å². The van der Waals surface area contributed by atoms with Gasteiger partial charge in [-0.15, -0.1) is 0 Å². The zero-order chi connectivity index (χ0) is 25.0. The van der Waals surface area contributed by atoms with E-state index in [9.17, 15) is 9.90 Å². The lowest BCUT2D eigenvalue weighted by atomic mass is 10.0. The Balaban J connectivity index is 1.90. The van der Waals surface area contributed by atoms with E-state index in [1.165, 1.54) is 13.3 Å². The summed E-state index contributed by atoms with van der Waals surface area (Å²) in [6, 6.07) is 20.5. The lowest BCUT2D eigenvalue weighted by Crippen LogP contribution is -2.40. The van der Waals surface area contributed by atoms with Gasteiger partial charge in [-0.3, -0.25) is 9.69 Å². The molecule has 1 aromatic heterocycles. The minimum absolute atomic E-state index is 0.102. The number of rotatable bonds is 5. The Morgan fingerprint density at radius 3 is 2.54 bits per heavy atom. The Kier molecular flexibility index (Phi) is 6.56. The van der Waals surface area contributed by atoms with Crippen molar-refractivity contribution in [3.8, 4) is 23.3 Å². The van der Waals surface area contributed by atoms with Crippen molar-refractivity contribution in [2.45, 2.75) is 26.3 Å².